The van der Waals surface area contributed by atoms with Crippen LogP contribution in [-0.4, -0.2) is 52.8 Å². The number of hydrogen-bond acceptors (Lipinski definition) is 4. The molecule has 9 heteroatoms. The van der Waals surface area contributed by atoms with Crippen LogP contribution in [0.3, 0.4) is 0 Å². The maximum atomic E-state index is 13.8. The zero-order valence-corrected chi connectivity index (χ0v) is 18.7. The average Bonchev–Trinajstić information content (AvgIpc) is 3.45. The molecule has 0 atom stereocenters. The van der Waals surface area contributed by atoms with Crippen LogP contribution in [0, 0.1) is 18.6 Å². The van der Waals surface area contributed by atoms with Crippen LogP contribution in [-0.2, 0) is 17.6 Å². The van der Waals surface area contributed by atoms with E-state index in [1.807, 2.05) is 0 Å². The summed E-state index contributed by atoms with van der Waals surface area (Å²) in [7, 11) is 0. The lowest BCUT2D eigenvalue weighted by molar-refractivity contribution is 0.0302. The van der Waals surface area contributed by atoms with Crippen LogP contribution in [0.1, 0.15) is 44.1 Å². The Morgan fingerprint density at radius 2 is 1.85 bits per heavy atom. The van der Waals surface area contributed by atoms with E-state index >= 15 is 0 Å². The van der Waals surface area contributed by atoms with E-state index in [1.54, 1.807) is 30.0 Å². The Kier molecular flexibility index (Phi) is 5.87. The van der Waals surface area contributed by atoms with Gasteiger partial charge in [0.25, 0.3) is 11.8 Å². The van der Waals surface area contributed by atoms with Crippen molar-refractivity contribution in [3.63, 3.8) is 0 Å². The second-order valence-corrected chi connectivity index (χ2v) is 8.47. The highest BCUT2D eigenvalue weighted by atomic mass is 19.2. The fourth-order valence-electron chi connectivity index (χ4n) is 4.57. The van der Waals surface area contributed by atoms with E-state index in [4.69, 9.17) is 4.74 Å². The van der Waals surface area contributed by atoms with Crippen LogP contribution in [0.5, 0.6) is 0 Å². The van der Waals surface area contributed by atoms with Gasteiger partial charge in [0.1, 0.15) is 0 Å². The third-order valence-corrected chi connectivity index (χ3v) is 6.40. The number of halogens is 2. The summed E-state index contributed by atoms with van der Waals surface area (Å²) in [6, 6.07) is 8.80. The van der Waals surface area contributed by atoms with Crippen LogP contribution in [0.2, 0.25) is 0 Å². The topological polar surface area (TPSA) is 76.5 Å². The normalized spacial score (nSPS) is 15.3. The van der Waals surface area contributed by atoms with Gasteiger partial charge in [-0.2, -0.15) is 5.10 Å². The lowest BCUT2D eigenvalue weighted by atomic mass is 10.0. The molecule has 1 saturated heterocycles. The molecule has 0 bridgehead atoms. The molecule has 2 amide bonds. The van der Waals surface area contributed by atoms with Crippen LogP contribution in [0.4, 0.5) is 14.5 Å². The van der Waals surface area contributed by atoms with Gasteiger partial charge < -0.3 is 15.0 Å². The molecular formula is C25H24F2N4O3. The van der Waals surface area contributed by atoms with E-state index in [1.165, 1.54) is 10.7 Å². The van der Waals surface area contributed by atoms with Gasteiger partial charge in [-0.3, -0.25) is 9.59 Å². The number of fused-ring (bicyclic) bond motifs is 1. The summed E-state index contributed by atoms with van der Waals surface area (Å²) in [6.07, 6.45) is 2.22. The standard InChI is InChI=1S/C25H24F2N4O3/c1-15-17(25(33)30-10-12-34-13-11-30)4-2-6-21(15)28-24(32)23-18-5-3-7-22(18)31(29-23)16-8-9-19(26)20(27)14-16/h2,4,6,8-9,14H,3,5,7,10-13H2,1H3,(H,28,32). The number of hydrogen-bond donors (Lipinski definition) is 1. The van der Waals surface area contributed by atoms with Gasteiger partial charge in [0.2, 0.25) is 0 Å². The maximum Gasteiger partial charge on any atom is 0.276 e. The Morgan fingerprint density at radius 3 is 2.62 bits per heavy atom. The Labute approximate surface area is 195 Å². The van der Waals surface area contributed by atoms with Crippen molar-refractivity contribution in [2.45, 2.75) is 26.2 Å². The highest BCUT2D eigenvalue weighted by Gasteiger charge is 2.28. The average molecular weight is 466 g/mol. The molecule has 3 aromatic rings. The highest BCUT2D eigenvalue weighted by molar-refractivity contribution is 6.06. The van der Waals surface area contributed by atoms with E-state index in [2.05, 4.69) is 10.4 Å². The molecule has 0 spiro atoms. The molecule has 34 heavy (non-hydrogen) atoms. The summed E-state index contributed by atoms with van der Waals surface area (Å²) in [6.45, 7) is 3.87. The SMILES string of the molecule is Cc1c(NC(=O)c2nn(-c3ccc(F)c(F)c3)c3c2CCC3)cccc1C(=O)N1CCOCC1. The van der Waals surface area contributed by atoms with Gasteiger partial charge in [-0.05, 0) is 56.0 Å². The molecular weight excluding hydrogens is 442 g/mol. The Bertz CT molecular complexity index is 1280. The Hall–Kier alpha value is -3.59. The lowest BCUT2D eigenvalue weighted by Gasteiger charge is -2.27. The van der Waals surface area contributed by atoms with Gasteiger partial charge in [-0.1, -0.05) is 6.07 Å². The third-order valence-electron chi connectivity index (χ3n) is 6.40. The lowest BCUT2D eigenvalue weighted by Crippen LogP contribution is -2.41. The van der Waals surface area contributed by atoms with Crippen LogP contribution in [0.25, 0.3) is 5.69 Å². The second kappa shape index (κ2) is 8.98. The number of benzene rings is 2. The highest BCUT2D eigenvalue weighted by Crippen LogP contribution is 2.29. The molecule has 1 aliphatic heterocycles. The van der Waals surface area contributed by atoms with E-state index in [9.17, 15) is 18.4 Å². The number of carbonyl (C=O) groups is 2. The first-order valence-electron chi connectivity index (χ1n) is 11.3. The molecule has 2 aromatic carbocycles. The zero-order chi connectivity index (χ0) is 23.8. The molecule has 1 aliphatic carbocycles. The first kappa shape index (κ1) is 22.2. The molecule has 0 unspecified atom stereocenters. The van der Waals surface area contributed by atoms with Crippen LogP contribution < -0.4 is 5.32 Å². The van der Waals surface area contributed by atoms with Crippen molar-refractivity contribution in [1.82, 2.24) is 14.7 Å². The molecule has 1 N–H and O–H groups in total. The van der Waals surface area contributed by atoms with Crippen LogP contribution in [0.15, 0.2) is 36.4 Å². The number of nitrogens with zero attached hydrogens (tertiary/aromatic N) is 3. The summed E-state index contributed by atoms with van der Waals surface area (Å²) in [5.74, 6) is -2.41. The van der Waals surface area contributed by atoms with Crippen molar-refractivity contribution in [2.75, 3.05) is 31.6 Å². The second-order valence-electron chi connectivity index (χ2n) is 8.47. The molecule has 2 heterocycles. The Morgan fingerprint density at radius 1 is 1.06 bits per heavy atom. The van der Waals surface area contributed by atoms with E-state index in [0.29, 0.717) is 61.6 Å². The van der Waals surface area contributed by atoms with E-state index in [0.717, 1.165) is 29.8 Å². The zero-order valence-electron chi connectivity index (χ0n) is 18.7. The number of aromatic nitrogens is 2. The minimum atomic E-state index is -0.969. The maximum absolute atomic E-state index is 13.8. The fourth-order valence-corrected chi connectivity index (χ4v) is 4.57. The van der Waals surface area contributed by atoms with Gasteiger partial charge >= 0.3 is 0 Å². The summed E-state index contributed by atoms with van der Waals surface area (Å²) in [4.78, 5) is 28.0. The van der Waals surface area contributed by atoms with Crippen molar-refractivity contribution in [2.24, 2.45) is 0 Å². The van der Waals surface area contributed by atoms with E-state index in [-0.39, 0.29) is 11.6 Å². The summed E-state index contributed by atoms with van der Waals surface area (Å²) in [5.41, 5.74) is 3.97. The summed E-state index contributed by atoms with van der Waals surface area (Å²) >= 11 is 0. The van der Waals surface area contributed by atoms with Gasteiger partial charge in [-0.15, -0.1) is 0 Å². The molecule has 0 radical (unpaired) electrons. The minimum absolute atomic E-state index is 0.0968. The van der Waals surface area contributed by atoms with Gasteiger partial charge in [0.15, 0.2) is 17.3 Å². The molecule has 1 aromatic heterocycles. The number of ether oxygens (including phenoxy) is 1. The first-order valence-corrected chi connectivity index (χ1v) is 11.3. The van der Waals surface area contributed by atoms with Crippen molar-refractivity contribution in [1.29, 1.82) is 0 Å². The predicted octanol–water partition coefficient (Wildman–Crippen LogP) is 3.67. The number of anilines is 1. The smallest absolute Gasteiger partial charge is 0.276 e. The molecule has 1 fully saturated rings. The van der Waals surface area contributed by atoms with Crippen molar-refractivity contribution in [3.8, 4) is 5.69 Å². The molecule has 5 rings (SSSR count). The molecule has 0 saturated carbocycles. The van der Waals surface area contributed by atoms with Gasteiger partial charge in [0, 0.05) is 41.7 Å². The van der Waals surface area contributed by atoms with Gasteiger partial charge in [-0.25, -0.2) is 13.5 Å². The number of nitrogens with one attached hydrogen (secondary N) is 1. The number of amides is 2. The van der Waals surface area contributed by atoms with Crippen molar-refractivity contribution >= 4 is 17.5 Å². The molecule has 7 nitrogen and oxygen atoms in total. The summed E-state index contributed by atoms with van der Waals surface area (Å²) in [5, 5.41) is 7.35. The largest absolute Gasteiger partial charge is 0.378 e. The van der Waals surface area contributed by atoms with Crippen molar-refractivity contribution in [3.05, 3.63) is 76.1 Å². The van der Waals surface area contributed by atoms with E-state index < -0.39 is 17.5 Å². The molecule has 2 aliphatic rings. The fraction of sp³-hybridized carbons (Fsp3) is 0.320. The quantitative estimate of drug-likeness (QED) is 0.637. The number of carbonyl (C=O) groups excluding carboxylic acids is 2. The van der Waals surface area contributed by atoms with Crippen LogP contribution >= 0.6 is 0 Å². The molecule has 176 valence electrons. The summed E-state index contributed by atoms with van der Waals surface area (Å²) < 4.78 is 34.1. The predicted molar refractivity (Wildman–Crippen MR) is 121 cm³/mol. The Balaban J connectivity index is 1.43. The monoisotopic (exact) mass is 466 g/mol. The van der Waals surface area contributed by atoms with Crippen molar-refractivity contribution < 1.29 is 23.1 Å². The first-order chi connectivity index (χ1) is 16.4. The number of morpholine rings is 1. The van der Waals surface area contributed by atoms with Gasteiger partial charge in [0.05, 0.1) is 18.9 Å². The third kappa shape index (κ3) is 3.96. The minimum Gasteiger partial charge on any atom is -0.378 e. The number of rotatable bonds is 4.